The highest BCUT2D eigenvalue weighted by Gasteiger charge is 2.10. The van der Waals surface area contributed by atoms with Gasteiger partial charge in [0.05, 0.1) is 30.7 Å². The molecule has 0 amide bonds. The van der Waals surface area contributed by atoms with E-state index in [1.165, 1.54) is 7.11 Å². The van der Waals surface area contributed by atoms with Gasteiger partial charge in [0.1, 0.15) is 0 Å². The quantitative estimate of drug-likeness (QED) is 0.482. The summed E-state index contributed by atoms with van der Waals surface area (Å²) in [6.07, 6.45) is 0.662. The molecule has 1 aromatic carbocycles. The summed E-state index contributed by atoms with van der Waals surface area (Å²) in [5, 5.41) is 0. The molecule has 20 heavy (non-hydrogen) atoms. The van der Waals surface area contributed by atoms with E-state index in [0.717, 1.165) is 5.69 Å². The van der Waals surface area contributed by atoms with E-state index < -0.39 is 5.97 Å². The van der Waals surface area contributed by atoms with Crippen LogP contribution in [0.1, 0.15) is 23.2 Å². The van der Waals surface area contributed by atoms with Crippen LogP contribution in [0.3, 0.4) is 0 Å². The predicted octanol–water partition coefficient (Wildman–Crippen LogP) is 1.44. The number of ether oxygens (including phenoxy) is 2. The summed E-state index contributed by atoms with van der Waals surface area (Å²) in [7, 11) is 5.07. The van der Waals surface area contributed by atoms with E-state index in [9.17, 15) is 9.59 Å². The zero-order valence-electron chi connectivity index (χ0n) is 12.0. The van der Waals surface area contributed by atoms with Gasteiger partial charge < -0.3 is 20.1 Å². The van der Waals surface area contributed by atoms with E-state index in [-0.39, 0.29) is 19.0 Å². The molecule has 0 unspecified atom stereocenters. The van der Waals surface area contributed by atoms with Gasteiger partial charge in [0.2, 0.25) is 0 Å². The van der Waals surface area contributed by atoms with Gasteiger partial charge in [-0.25, -0.2) is 4.79 Å². The Morgan fingerprint density at radius 2 is 2.00 bits per heavy atom. The fraction of sp³-hybridized carbons (Fsp3) is 0.429. The number of benzene rings is 1. The summed E-state index contributed by atoms with van der Waals surface area (Å²) in [5.41, 5.74) is 7.61. The highest BCUT2D eigenvalue weighted by molar-refractivity contribution is 5.92. The van der Waals surface area contributed by atoms with Crippen molar-refractivity contribution in [3.63, 3.8) is 0 Å². The third kappa shape index (κ3) is 4.46. The van der Waals surface area contributed by atoms with Crippen molar-refractivity contribution in [2.45, 2.75) is 12.8 Å². The van der Waals surface area contributed by atoms with Gasteiger partial charge in [0.15, 0.2) is 0 Å². The number of anilines is 2. The minimum absolute atomic E-state index is 0.170. The van der Waals surface area contributed by atoms with Gasteiger partial charge in [-0.3, -0.25) is 4.79 Å². The van der Waals surface area contributed by atoms with E-state index in [0.29, 0.717) is 17.7 Å². The first-order valence-corrected chi connectivity index (χ1v) is 6.26. The molecule has 6 nitrogen and oxygen atoms in total. The fourth-order valence-corrected chi connectivity index (χ4v) is 1.66. The number of methoxy groups -OCH3 is 1. The molecule has 110 valence electrons. The summed E-state index contributed by atoms with van der Waals surface area (Å²) in [5.74, 6) is -0.771. The van der Waals surface area contributed by atoms with Crippen molar-refractivity contribution in [3.05, 3.63) is 23.8 Å². The lowest BCUT2D eigenvalue weighted by Gasteiger charge is -2.15. The second-order valence-corrected chi connectivity index (χ2v) is 4.48. The second-order valence-electron chi connectivity index (χ2n) is 4.48. The number of esters is 2. The molecule has 1 aromatic rings. The smallest absolute Gasteiger partial charge is 0.338 e. The Balaban J connectivity index is 2.52. The van der Waals surface area contributed by atoms with Crippen molar-refractivity contribution in [1.29, 1.82) is 0 Å². The van der Waals surface area contributed by atoms with Gasteiger partial charge in [-0.15, -0.1) is 0 Å². The Labute approximate surface area is 118 Å². The van der Waals surface area contributed by atoms with Gasteiger partial charge in [0, 0.05) is 20.5 Å². The summed E-state index contributed by atoms with van der Waals surface area (Å²) >= 11 is 0. The van der Waals surface area contributed by atoms with Gasteiger partial charge in [0.25, 0.3) is 0 Å². The first-order chi connectivity index (χ1) is 9.45. The van der Waals surface area contributed by atoms with Crippen LogP contribution in [0.4, 0.5) is 11.4 Å². The molecule has 0 bridgehead atoms. The van der Waals surface area contributed by atoms with Crippen molar-refractivity contribution < 1.29 is 19.1 Å². The molecule has 0 saturated carbocycles. The Morgan fingerprint density at radius 1 is 1.30 bits per heavy atom. The standard InChI is InChI=1S/C14H20N2O4/c1-16(2)12-7-6-10(9-11(12)15)14(18)20-8-4-5-13(17)19-3/h6-7,9H,4-5,8,15H2,1-3H3. The molecular weight excluding hydrogens is 260 g/mol. The second kappa shape index (κ2) is 7.37. The van der Waals surface area contributed by atoms with E-state index >= 15 is 0 Å². The minimum Gasteiger partial charge on any atom is -0.469 e. The third-order valence-electron chi connectivity index (χ3n) is 2.73. The molecule has 0 saturated heterocycles. The largest absolute Gasteiger partial charge is 0.469 e. The maximum absolute atomic E-state index is 11.8. The summed E-state index contributed by atoms with van der Waals surface area (Å²) in [6.45, 7) is 0.170. The summed E-state index contributed by atoms with van der Waals surface area (Å²) in [6, 6.07) is 5.01. The monoisotopic (exact) mass is 280 g/mol. The average Bonchev–Trinajstić information content (AvgIpc) is 2.42. The van der Waals surface area contributed by atoms with Crippen LogP contribution in [0.25, 0.3) is 0 Å². The van der Waals surface area contributed by atoms with Crippen LogP contribution in [0.2, 0.25) is 0 Å². The van der Waals surface area contributed by atoms with Crippen molar-refractivity contribution in [2.24, 2.45) is 0 Å². The van der Waals surface area contributed by atoms with Crippen LogP contribution in [0, 0.1) is 0 Å². The Hall–Kier alpha value is -2.24. The molecule has 1 rings (SSSR count). The lowest BCUT2D eigenvalue weighted by atomic mass is 10.1. The lowest BCUT2D eigenvalue weighted by Crippen LogP contribution is -2.13. The lowest BCUT2D eigenvalue weighted by molar-refractivity contribution is -0.140. The first kappa shape index (κ1) is 15.8. The van der Waals surface area contributed by atoms with Crippen LogP contribution in [-0.2, 0) is 14.3 Å². The molecule has 0 atom stereocenters. The van der Waals surface area contributed by atoms with Gasteiger partial charge in [-0.2, -0.15) is 0 Å². The molecule has 0 aliphatic carbocycles. The Morgan fingerprint density at radius 3 is 2.55 bits per heavy atom. The van der Waals surface area contributed by atoms with E-state index in [1.807, 2.05) is 19.0 Å². The molecule has 0 aliphatic heterocycles. The van der Waals surface area contributed by atoms with Crippen LogP contribution in [-0.4, -0.2) is 39.8 Å². The molecule has 0 fully saturated rings. The fourth-order valence-electron chi connectivity index (χ4n) is 1.66. The molecular formula is C14H20N2O4. The van der Waals surface area contributed by atoms with Gasteiger partial charge in [-0.1, -0.05) is 0 Å². The van der Waals surface area contributed by atoms with Crippen molar-refractivity contribution >= 4 is 23.3 Å². The summed E-state index contributed by atoms with van der Waals surface area (Å²) in [4.78, 5) is 24.5. The van der Waals surface area contributed by atoms with Gasteiger partial charge in [-0.05, 0) is 24.6 Å². The number of rotatable bonds is 6. The molecule has 0 radical (unpaired) electrons. The Bertz CT molecular complexity index is 486. The SMILES string of the molecule is COC(=O)CCCOC(=O)c1ccc(N(C)C)c(N)c1. The number of hydrogen-bond donors (Lipinski definition) is 1. The molecule has 0 aliphatic rings. The molecule has 0 heterocycles. The Kier molecular flexibility index (Phi) is 5.83. The number of nitrogens with two attached hydrogens (primary N) is 1. The topological polar surface area (TPSA) is 81.9 Å². The predicted molar refractivity (Wildman–Crippen MR) is 76.7 cm³/mol. The van der Waals surface area contributed by atoms with Crippen molar-refractivity contribution in [2.75, 3.05) is 38.4 Å². The van der Waals surface area contributed by atoms with Gasteiger partial charge >= 0.3 is 11.9 Å². The van der Waals surface area contributed by atoms with E-state index in [4.69, 9.17) is 10.5 Å². The number of carbonyl (C=O) groups excluding carboxylic acids is 2. The van der Waals surface area contributed by atoms with Crippen LogP contribution >= 0.6 is 0 Å². The minimum atomic E-state index is -0.452. The average molecular weight is 280 g/mol. The molecule has 2 N–H and O–H groups in total. The molecule has 0 spiro atoms. The zero-order chi connectivity index (χ0) is 15.1. The van der Waals surface area contributed by atoms with Crippen LogP contribution in [0.15, 0.2) is 18.2 Å². The van der Waals surface area contributed by atoms with E-state index in [2.05, 4.69) is 4.74 Å². The van der Waals surface area contributed by atoms with Crippen LogP contribution < -0.4 is 10.6 Å². The number of nitrogen functional groups attached to an aromatic ring is 1. The number of carbonyl (C=O) groups is 2. The maximum Gasteiger partial charge on any atom is 0.338 e. The van der Waals surface area contributed by atoms with Crippen molar-refractivity contribution in [3.8, 4) is 0 Å². The maximum atomic E-state index is 11.8. The highest BCUT2D eigenvalue weighted by Crippen LogP contribution is 2.22. The van der Waals surface area contributed by atoms with Crippen molar-refractivity contribution in [1.82, 2.24) is 0 Å². The third-order valence-corrected chi connectivity index (χ3v) is 2.73. The highest BCUT2D eigenvalue weighted by atomic mass is 16.5. The van der Waals surface area contributed by atoms with Crippen LogP contribution in [0.5, 0.6) is 0 Å². The number of hydrogen-bond acceptors (Lipinski definition) is 6. The number of nitrogens with zero attached hydrogens (tertiary/aromatic N) is 1. The zero-order valence-corrected chi connectivity index (χ0v) is 12.0. The summed E-state index contributed by atoms with van der Waals surface area (Å²) < 4.78 is 9.56. The van der Waals surface area contributed by atoms with E-state index in [1.54, 1.807) is 18.2 Å². The first-order valence-electron chi connectivity index (χ1n) is 6.26. The molecule has 0 aromatic heterocycles. The normalized spacial score (nSPS) is 9.95. The molecule has 6 heteroatoms.